The molecule has 2 rings (SSSR count). The maximum Gasteiger partial charge on any atom is 0.139 e. The van der Waals surface area contributed by atoms with Gasteiger partial charge < -0.3 is 16.2 Å². The van der Waals surface area contributed by atoms with Crippen LogP contribution >= 0.6 is 0 Å². The van der Waals surface area contributed by atoms with Crippen molar-refractivity contribution in [2.75, 3.05) is 5.32 Å². The van der Waals surface area contributed by atoms with E-state index in [9.17, 15) is 5.11 Å². The van der Waals surface area contributed by atoms with E-state index in [1.54, 1.807) is 24.4 Å². The van der Waals surface area contributed by atoms with Gasteiger partial charge in [0, 0.05) is 12.7 Å². The Morgan fingerprint density at radius 1 is 1.25 bits per heavy atom. The number of rotatable bonds is 3. The fourth-order valence-corrected chi connectivity index (χ4v) is 1.39. The second-order valence-electron chi connectivity index (χ2n) is 3.40. The number of para-hydroxylation sites is 2. The number of anilines is 2. The monoisotopic (exact) mass is 215 g/mol. The lowest BCUT2D eigenvalue weighted by atomic mass is 10.2. The average Bonchev–Trinajstić information content (AvgIpc) is 2.32. The van der Waals surface area contributed by atoms with Crippen LogP contribution in [0.4, 0.5) is 11.5 Å². The van der Waals surface area contributed by atoms with E-state index < -0.39 is 0 Å². The molecule has 0 saturated heterocycles. The highest BCUT2D eigenvalue weighted by Crippen LogP contribution is 2.24. The van der Waals surface area contributed by atoms with E-state index in [4.69, 9.17) is 5.73 Å². The lowest BCUT2D eigenvalue weighted by molar-refractivity contribution is 0.477. The topological polar surface area (TPSA) is 71.2 Å². The summed E-state index contributed by atoms with van der Waals surface area (Å²) in [5.74, 6) is 0.868. The van der Waals surface area contributed by atoms with Gasteiger partial charge in [-0.3, -0.25) is 0 Å². The molecule has 0 aliphatic heterocycles. The molecule has 16 heavy (non-hydrogen) atoms. The van der Waals surface area contributed by atoms with E-state index in [0.717, 1.165) is 5.56 Å². The number of hydrogen-bond donors (Lipinski definition) is 3. The van der Waals surface area contributed by atoms with Gasteiger partial charge in [0.1, 0.15) is 11.6 Å². The van der Waals surface area contributed by atoms with Crippen LogP contribution in [0.15, 0.2) is 42.6 Å². The zero-order chi connectivity index (χ0) is 11.4. The Morgan fingerprint density at radius 3 is 2.81 bits per heavy atom. The van der Waals surface area contributed by atoms with E-state index in [2.05, 4.69) is 10.3 Å². The lowest BCUT2D eigenvalue weighted by Crippen LogP contribution is -1.99. The number of benzene rings is 1. The van der Waals surface area contributed by atoms with Crippen LogP contribution in [0.2, 0.25) is 0 Å². The second kappa shape index (κ2) is 4.63. The summed E-state index contributed by atoms with van der Waals surface area (Å²) in [6.07, 6.45) is 1.69. The summed E-state index contributed by atoms with van der Waals surface area (Å²) in [6, 6.07) is 10.7. The van der Waals surface area contributed by atoms with E-state index in [-0.39, 0.29) is 5.75 Å². The Hall–Kier alpha value is -2.07. The molecule has 0 aliphatic rings. The first-order chi connectivity index (χ1) is 7.79. The van der Waals surface area contributed by atoms with Crippen LogP contribution in [0.5, 0.6) is 5.75 Å². The Balaban J connectivity index is 2.24. The molecule has 0 amide bonds. The van der Waals surface area contributed by atoms with Gasteiger partial charge in [0.05, 0.1) is 5.69 Å². The predicted molar refractivity (Wildman–Crippen MR) is 63.5 cm³/mol. The van der Waals surface area contributed by atoms with Crippen molar-refractivity contribution < 1.29 is 5.11 Å². The summed E-state index contributed by atoms with van der Waals surface area (Å²) in [5.41, 5.74) is 7.16. The third kappa shape index (κ3) is 2.29. The van der Waals surface area contributed by atoms with Crippen LogP contribution in [-0.4, -0.2) is 10.1 Å². The SMILES string of the molecule is NCc1ccnc(Nc2ccccc2O)c1. The van der Waals surface area contributed by atoms with Gasteiger partial charge in [-0.2, -0.15) is 0 Å². The normalized spacial score (nSPS) is 10.1. The molecule has 0 fully saturated rings. The van der Waals surface area contributed by atoms with Gasteiger partial charge in [-0.1, -0.05) is 12.1 Å². The van der Waals surface area contributed by atoms with Crippen molar-refractivity contribution in [2.45, 2.75) is 6.54 Å². The molecule has 2 aromatic rings. The van der Waals surface area contributed by atoms with Crippen molar-refractivity contribution in [1.82, 2.24) is 4.98 Å². The van der Waals surface area contributed by atoms with E-state index in [1.807, 2.05) is 18.2 Å². The van der Waals surface area contributed by atoms with Crippen molar-refractivity contribution in [3.8, 4) is 5.75 Å². The molecule has 0 atom stereocenters. The van der Waals surface area contributed by atoms with E-state index in [0.29, 0.717) is 18.1 Å². The summed E-state index contributed by atoms with van der Waals surface area (Å²) >= 11 is 0. The molecule has 1 aromatic carbocycles. The smallest absolute Gasteiger partial charge is 0.139 e. The highest BCUT2D eigenvalue weighted by atomic mass is 16.3. The fraction of sp³-hybridized carbons (Fsp3) is 0.0833. The minimum Gasteiger partial charge on any atom is -0.506 e. The highest BCUT2D eigenvalue weighted by Gasteiger charge is 2.01. The largest absolute Gasteiger partial charge is 0.506 e. The van der Waals surface area contributed by atoms with Gasteiger partial charge in [-0.25, -0.2) is 4.98 Å². The van der Waals surface area contributed by atoms with E-state index >= 15 is 0 Å². The van der Waals surface area contributed by atoms with Crippen LogP contribution in [0.25, 0.3) is 0 Å². The molecule has 1 aromatic heterocycles. The molecule has 0 spiro atoms. The third-order valence-corrected chi connectivity index (χ3v) is 2.23. The summed E-state index contributed by atoms with van der Waals surface area (Å²) in [5, 5.41) is 12.6. The molecule has 1 heterocycles. The number of hydrogen-bond acceptors (Lipinski definition) is 4. The zero-order valence-corrected chi connectivity index (χ0v) is 8.72. The van der Waals surface area contributed by atoms with Crippen LogP contribution in [0.1, 0.15) is 5.56 Å². The first kappa shape index (κ1) is 10.4. The molecule has 4 N–H and O–H groups in total. The standard InChI is InChI=1S/C12H13N3O/c13-8-9-5-6-14-12(7-9)15-10-3-1-2-4-11(10)16/h1-7,16H,8,13H2,(H,14,15). The molecule has 4 nitrogen and oxygen atoms in total. The van der Waals surface area contributed by atoms with Crippen LogP contribution in [0.3, 0.4) is 0 Å². The number of nitrogens with two attached hydrogens (primary N) is 1. The van der Waals surface area contributed by atoms with Crippen LogP contribution in [0, 0.1) is 0 Å². The first-order valence-electron chi connectivity index (χ1n) is 4.99. The summed E-state index contributed by atoms with van der Waals surface area (Å²) in [4.78, 5) is 4.15. The number of nitrogens with zero attached hydrogens (tertiary/aromatic N) is 1. The fourth-order valence-electron chi connectivity index (χ4n) is 1.39. The van der Waals surface area contributed by atoms with Crippen LogP contribution in [-0.2, 0) is 6.54 Å². The predicted octanol–water partition coefficient (Wildman–Crippen LogP) is 1.99. The molecule has 0 unspecified atom stereocenters. The quantitative estimate of drug-likeness (QED) is 0.685. The minimum atomic E-state index is 0.197. The third-order valence-electron chi connectivity index (χ3n) is 2.23. The van der Waals surface area contributed by atoms with Gasteiger partial charge in [0.15, 0.2) is 0 Å². The highest BCUT2D eigenvalue weighted by molar-refractivity contribution is 5.63. The van der Waals surface area contributed by atoms with Crippen molar-refractivity contribution in [1.29, 1.82) is 0 Å². The second-order valence-corrected chi connectivity index (χ2v) is 3.40. The van der Waals surface area contributed by atoms with Gasteiger partial charge in [-0.05, 0) is 29.8 Å². The summed E-state index contributed by atoms with van der Waals surface area (Å²) in [6.45, 7) is 0.470. The Bertz CT molecular complexity index is 485. The van der Waals surface area contributed by atoms with Crippen molar-refractivity contribution in [2.24, 2.45) is 5.73 Å². The number of phenolic OH excluding ortho intramolecular Hbond substituents is 1. The average molecular weight is 215 g/mol. The molecule has 0 saturated carbocycles. The molecular weight excluding hydrogens is 202 g/mol. The summed E-state index contributed by atoms with van der Waals surface area (Å²) in [7, 11) is 0. The number of aromatic nitrogens is 1. The molecular formula is C12H13N3O. The zero-order valence-electron chi connectivity index (χ0n) is 8.72. The van der Waals surface area contributed by atoms with Crippen molar-refractivity contribution >= 4 is 11.5 Å². The molecule has 0 aliphatic carbocycles. The molecule has 0 bridgehead atoms. The Labute approximate surface area is 93.8 Å². The summed E-state index contributed by atoms with van der Waals surface area (Å²) < 4.78 is 0. The van der Waals surface area contributed by atoms with Gasteiger partial charge >= 0.3 is 0 Å². The van der Waals surface area contributed by atoms with Gasteiger partial charge in [0.2, 0.25) is 0 Å². The first-order valence-corrected chi connectivity index (χ1v) is 4.99. The number of pyridine rings is 1. The van der Waals surface area contributed by atoms with Crippen molar-refractivity contribution in [3.63, 3.8) is 0 Å². The number of nitrogens with one attached hydrogen (secondary N) is 1. The minimum absolute atomic E-state index is 0.197. The molecule has 82 valence electrons. The van der Waals surface area contributed by atoms with Crippen LogP contribution < -0.4 is 11.1 Å². The van der Waals surface area contributed by atoms with Gasteiger partial charge in [-0.15, -0.1) is 0 Å². The number of aromatic hydroxyl groups is 1. The van der Waals surface area contributed by atoms with Gasteiger partial charge in [0.25, 0.3) is 0 Å². The Morgan fingerprint density at radius 2 is 2.06 bits per heavy atom. The molecule has 0 radical (unpaired) electrons. The Kier molecular flexibility index (Phi) is 3.03. The number of phenols is 1. The van der Waals surface area contributed by atoms with E-state index in [1.165, 1.54) is 0 Å². The molecule has 4 heteroatoms. The maximum atomic E-state index is 9.58. The lowest BCUT2D eigenvalue weighted by Gasteiger charge is -2.07. The maximum absolute atomic E-state index is 9.58. The van der Waals surface area contributed by atoms with Crippen molar-refractivity contribution in [3.05, 3.63) is 48.2 Å².